The molecule has 0 saturated carbocycles. The number of rotatable bonds is 7. The van der Waals surface area contributed by atoms with Gasteiger partial charge in [-0.15, -0.1) is 0 Å². The van der Waals surface area contributed by atoms with Gasteiger partial charge >= 0.3 is 5.97 Å². The number of ether oxygens (including phenoxy) is 1. The smallest absolute Gasteiger partial charge is 0.338 e. The van der Waals surface area contributed by atoms with Crippen LogP contribution in [-0.2, 0) is 14.8 Å². The molecule has 1 atom stereocenters. The van der Waals surface area contributed by atoms with Crippen LogP contribution in [0.4, 0.5) is 0 Å². The van der Waals surface area contributed by atoms with Crippen molar-refractivity contribution in [1.82, 2.24) is 4.72 Å². The number of hydrogen-bond donors (Lipinski definition) is 1. The third kappa shape index (κ3) is 4.66. The summed E-state index contributed by atoms with van der Waals surface area (Å²) < 4.78 is 32.2. The zero-order chi connectivity index (χ0) is 17.6. The van der Waals surface area contributed by atoms with Crippen molar-refractivity contribution in [2.45, 2.75) is 24.7 Å². The van der Waals surface area contributed by atoms with Crippen molar-refractivity contribution in [2.75, 3.05) is 13.2 Å². The van der Waals surface area contributed by atoms with Gasteiger partial charge in [-0.2, -0.15) is 0 Å². The van der Waals surface area contributed by atoms with E-state index >= 15 is 0 Å². The van der Waals surface area contributed by atoms with E-state index in [9.17, 15) is 13.2 Å². The summed E-state index contributed by atoms with van der Waals surface area (Å²) in [5.41, 5.74) is 1.39. The first-order valence-electron chi connectivity index (χ1n) is 7.76. The van der Waals surface area contributed by atoms with Gasteiger partial charge in [0.05, 0.1) is 17.1 Å². The fraction of sp³-hybridized carbons (Fsp3) is 0.278. The molecule has 0 radical (unpaired) electrons. The summed E-state index contributed by atoms with van der Waals surface area (Å²) in [7, 11) is -3.62. The fourth-order valence-corrected chi connectivity index (χ4v) is 3.33. The summed E-state index contributed by atoms with van der Waals surface area (Å²) in [4.78, 5) is 11.7. The Balaban J connectivity index is 2.03. The summed E-state index contributed by atoms with van der Waals surface area (Å²) in [6.45, 7) is 4.25. The first-order chi connectivity index (χ1) is 11.4. The van der Waals surface area contributed by atoms with Crippen LogP contribution in [0.3, 0.4) is 0 Å². The van der Waals surface area contributed by atoms with Crippen LogP contribution < -0.4 is 4.72 Å². The summed E-state index contributed by atoms with van der Waals surface area (Å²) >= 11 is 0. The molecule has 0 saturated heterocycles. The third-order valence-corrected chi connectivity index (χ3v) is 5.06. The molecule has 0 aliphatic carbocycles. The first kappa shape index (κ1) is 18.2. The number of sulfonamides is 1. The predicted octanol–water partition coefficient (Wildman–Crippen LogP) is 2.95. The SMILES string of the molecule is CCOC(=O)c1ccc(S(=O)(=O)NC[C@@H](C)c2ccccc2)cc1. The number of esters is 1. The molecule has 2 aromatic rings. The van der Waals surface area contributed by atoms with E-state index in [0.717, 1.165) is 5.56 Å². The molecule has 6 heteroatoms. The Bertz CT molecular complexity index is 770. The summed E-state index contributed by atoms with van der Waals surface area (Å²) in [6, 6.07) is 15.4. The molecule has 2 aromatic carbocycles. The minimum Gasteiger partial charge on any atom is -0.462 e. The molecule has 0 amide bonds. The van der Waals surface area contributed by atoms with Crippen molar-refractivity contribution in [3.63, 3.8) is 0 Å². The molecule has 1 N–H and O–H groups in total. The molecule has 0 spiro atoms. The summed E-state index contributed by atoms with van der Waals surface area (Å²) in [5.74, 6) is -0.410. The zero-order valence-electron chi connectivity index (χ0n) is 13.7. The Morgan fingerprint density at radius 2 is 1.71 bits per heavy atom. The van der Waals surface area contributed by atoms with Crippen LogP contribution in [0.15, 0.2) is 59.5 Å². The molecule has 0 aliphatic rings. The molecule has 128 valence electrons. The van der Waals surface area contributed by atoms with Gasteiger partial charge in [0.25, 0.3) is 0 Å². The fourth-order valence-electron chi connectivity index (χ4n) is 2.20. The van der Waals surface area contributed by atoms with Crippen LogP contribution in [0.2, 0.25) is 0 Å². The van der Waals surface area contributed by atoms with Crippen molar-refractivity contribution < 1.29 is 17.9 Å². The van der Waals surface area contributed by atoms with Gasteiger partial charge in [-0.25, -0.2) is 17.9 Å². The van der Waals surface area contributed by atoms with Crippen molar-refractivity contribution in [3.05, 3.63) is 65.7 Å². The van der Waals surface area contributed by atoms with E-state index < -0.39 is 16.0 Å². The van der Waals surface area contributed by atoms with Gasteiger partial charge in [0.2, 0.25) is 10.0 Å². The quantitative estimate of drug-likeness (QED) is 0.782. The highest BCUT2D eigenvalue weighted by Crippen LogP contribution is 2.16. The highest BCUT2D eigenvalue weighted by molar-refractivity contribution is 7.89. The van der Waals surface area contributed by atoms with Gasteiger partial charge in [-0.1, -0.05) is 37.3 Å². The normalized spacial score (nSPS) is 12.6. The average molecular weight is 347 g/mol. The van der Waals surface area contributed by atoms with Crippen LogP contribution in [0.5, 0.6) is 0 Å². The number of hydrogen-bond acceptors (Lipinski definition) is 4. The average Bonchev–Trinajstić information content (AvgIpc) is 2.61. The second-order valence-electron chi connectivity index (χ2n) is 5.41. The van der Waals surface area contributed by atoms with Crippen LogP contribution >= 0.6 is 0 Å². The zero-order valence-corrected chi connectivity index (χ0v) is 14.5. The van der Waals surface area contributed by atoms with Gasteiger partial charge in [0.15, 0.2) is 0 Å². The Morgan fingerprint density at radius 1 is 1.08 bits per heavy atom. The Kier molecular flexibility index (Phi) is 6.11. The Labute approximate surface area is 142 Å². The standard InChI is InChI=1S/C18H21NO4S/c1-3-23-18(20)16-9-11-17(12-10-16)24(21,22)19-13-14(2)15-7-5-4-6-8-15/h4-12,14,19H,3,13H2,1-2H3/t14-/m1/s1. The highest BCUT2D eigenvalue weighted by Gasteiger charge is 2.17. The summed E-state index contributed by atoms with van der Waals surface area (Å²) in [5, 5.41) is 0. The maximum Gasteiger partial charge on any atom is 0.338 e. The van der Waals surface area contributed by atoms with E-state index in [0.29, 0.717) is 12.1 Å². The van der Waals surface area contributed by atoms with E-state index in [-0.39, 0.29) is 17.4 Å². The molecular formula is C18H21NO4S. The number of carbonyl (C=O) groups excluding carboxylic acids is 1. The lowest BCUT2D eigenvalue weighted by Crippen LogP contribution is -2.27. The summed E-state index contributed by atoms with van der Waals surface area (Å²) in [6.07, 6.45) is 0. The van der Waals surface area contributed by atoms with Gasteiger partial charge < -0.3 is 4.74 Å². The molecule has 0 heterocycles. The van der Waals surface area contributed by atoms with Crippen molar-refractivity contribution in [1.29, 1.82) is 0 Å². The Hall–Kier alpha value is -2.18. The van der Waals surface area contributed by atoms with Crippen LogP contribution in [-0.4, -0.2) is 27.5 Å². The largest absolute Gasteiger partial charge is 0.462 e. The van der Waals surface area contributed by atoms with E-state index in [2.05, 4.69) is 4.72 Å². The topological polar surface area (TPSA) is 72.5 Å². The Morgan fingerprint density at radius 3 is 2.29 bits per heavy atom. The lowest BCUT2D eigenvalue weighted by Gasteiger charge is -2.13. The van der Waals surface area contributed by atoms with Crippen LogP contribution in [0, 0.1) is 0 Å². The van der Waals surface area contributed by atoms with Gasteiger partial charge in [0.1, 0.15) is 0 Å². The molecule has 0 aliphatic heterocycles. The second kappa shape index (κ2) is 8.08. The third-order valence-electron chi connectivity index (χ3n) is 3.62. The molecule has 2 rings (SSSR count). The number of nitrogens with one attached hydrogen (secondary N) is 1. The molecule has 0 unspecified atom stereocenters. The molecular weight excluding hydrogens is 326 g/mol. The van der Waals surface area contributed by atoms with E-state index in [1.807, 2.05) is 37.3 Å². The van der Waals surface area contributed by atoms with Crippen LogP contribution in [0.25, 0.3) is 0 Å². The van der Waals surface area contributed by atoms with Gasteiger partial charge in [0, 0.05) is 6.54 Å². The molecule has 0 aromatic heterocycles. The highest BCUT2D eigenvalue weighted by atomic mass is 32.2. The van der Waals surface area contributed by atoms with E-state index in [1.54, 1.807) is 6.92 Å². The van der Waals surface area contributed by atoms with E-state index in [1.165, 1.54) is 24.3 Å². The maximum absolute atomic E-state index is 12.3. The minimum atomic E-state index is -3.62. The van der Waals surface area contributed by atoms with Crippen LogP contribution in [0.1, 0.15) is 35.7 Å². The molecule has 0 bridgehead atoms. The van der Waals surface area contributed by atoms with Crippen molar-refractivity contribution in [3.8, 4) is 0 Å². The monoisotopic (exact) mass is 347 g/mol. The maximum atomic E-state index is 12.3. The lowest BCUT2D eigenvalue weighted by molar-refractivity contribution is 0.0526. The van der Waals surface area contributed by atoms with E-state index in [4.69, 9.17) is 4.74 Å². The van der Waals surface area contributed by atoms with Crippen molar-refractivity contribution >= 4 is 16.0 Å². The second-order valence-corrected chi connectivity index (χ2v) is 7.18. The molecule has 0 fully saturated rings. The molecule has 5 nitrogen and oxygen atoms in total. The number of benzene rings is 2. The van der Waals surface area contributed by atoms with Gasteiger partial charge in [-0.3, -0.25) is 0 Å². The molecule has 24 heavy (non-hydrogen) atoms. The van der Waals surface area contributed by atoms with Gasteiger partial charge in [-0.05, 0) is 42.7 Å². The van der Waals surface area contributed by atoms with Crippen molar-refractivity contribution in [2.24, 2.45) is 0 Å². The predicted molar refractivity (Wildman–Crippen MR) is 92.4 cm³/mol. The number of carbonyl (C=O) groups is 1. The minimum absolute atomic E-state index is 0.0554. The first-order valence-corrected chi connectivity index (χ1v) is 9.24. The lowest BCUT2D eigenvalue weighted by atomic mass is 10.0.